The van der Waals surface area contributed by atoms with Crippen molar-refractivity contribution in [2.75, 3.05) is 10.0 Å². The number of nitrogens with one attached hydrogen (secondary N) is 2. The Bertz CT molecular complexity index is 1440. The molecule has 5 rings (SSSR count). The van der Waals surface area contributed by atoms with Gasteiger partial charge in [-0.1, -0.05) is 30.3 Å². The summed E-state index contributed by atoms with van der Waals surface area (Å²) in [5, 5.41) is 4.08. The molecule has 0 saturated carbocycles. The van der Waals surface area contributed by atoms with Crippen molar-refractivity contribution in [1.29, 1.82) is 0 Å². The number of halogens is 2. The summed E-state index contributed by atoms with van der Waals surface area (Å²) in [6.07, 6.45) is 3.16. The molecule has 0 spiro atoms. The van der Waals surface area contributed by atoms with E-state index in [2.05, 4.69) is 33.2 Å². The first-order chi connectivity index (χ1) is 15.9. The molecule has 4 aromatic rings. The van der Waals surface area contributed by atoms with Gasteiger partial charge in [0, 0.05) is 11.5 Å². The number of aromatic nitrogens is 1. The van der Waals surface area contributed by atoms with Gasteiger partial charge >= 0.3 is 0 Å². The summed E-state index contributed by atoms with van der Waals surface area (Å²) in [5.74, 6) is -1.23. The number of benzene rings is 3. The fraction of sp³-hybridized carbons (Fsp3) is 0.160. The fourth-order valence-electron chi connectivity index (χ4n) is 4.29. The molecule has 1 aliphatic carbocycles. The van der Waals surface area contributed by atoms with Gasteiger partial charge in [-0.2, -0.15) is 0 Å². The van der Waals surface area contributed by atoms with Crippen molar-refractivity contribution >= 4 is 32.4 Å². The summed E-state index contributed by atoms with van der Waals surface area (Å²) in [6.45, 7) is 0. The largest absolute Gasteiger partial charge is 0.363 e. The maximum atomic E-state index is 13.5. The second-order valence-electron chi connectivity index (χ2n) is 8.07. The number of nitrogens with zero attached hydrogens (tertiary/aromatic N) is 1. The van der Waals surface area contributed by atoms with E-state index in [1.165, 1.54) is 11.1 Å². The Morgan fingerprint density at radius 1 is 0.909 bits per heavy atom. The molecule has 5 nitrogen and oxygen atoms in total. The van der Waals surface area contributed by atoms with E-state index in [-0.39, 0.29) is 11.7 Å². The third-order valence-corrected chi connectivity index (χ3v) is 7.16. The number of rotatable bonds is 5. The molecule has 0 aliphatic heterocycles. The molecule has 0 saturated heterocycles. The smallest absolute Gasteiger partial charge is 0.262 e. The maximum absolute atomic E-state index is 13.5. The molecule has 1 unspecified atom stereocenters. The quantitative estimate of drug-likeness (QED) is 0.391. The van der Waals surface area contributed by atoms with Crippen molar-refractivity contribution in [3.05, 3.63) is 95.6 Å². The van der Waals surface area contributed by atoms with Gasteiger partial charge in [-0.3, -0.25) is 4.72 Å². The summed E-state index contributed by atoms with van der Waals surface area (Å²) >= 11 is 0. The van der Waals surface area contributed by atoms with Crippen LogP contribution in [-0.4, -0.2) is 13.4 Å². The lowest BCUT2D eigenvalue weighted by molar-refractivity contribution is 0.568. The second-order valence-corrected chi connectivity index (χ2v) is 9.75. The Labute approximate surface area is 190 Å². The normalized spacial score (nSPS) is 15.8. The number of pyridine rings is 1. The van der Waals surface area contributed by atoms with Gasteiger partial charge in [0.2, 0.25) is 0 Å². The topological polar surface area (TPSA) is 71.1 Å². The lowest BCUT2D eigenvalue weighted by atomic mass is 9.88. The Morgan fingerprint density at radius 3 is 2.52 bits per heavy atom. The van der Waals surface area contributed by atoms with Crippen molar-refractivity contribution in [3.63, 3.8) is 0 Å². The third-order valence-electron chi connectivity index (χ3n) is 5.81. The minimum absolute atomic E-state index is 0.157. The van der Waals surface area contributed by atoms with Crippen LogP contribution in [0.4, 0.5) is 20.3 Å². The van der Waals surface area contributed by atoms with Crippen LogP contribution in [0.2, 0.25) is 0 Å². The first-order valence-corrected chi connectivity index (χ1v) is 12.1. The van der Waals surface area contributed by atoms with Gasteiger partial charge in [0.1, 0.15) is 17.5 Å². The van der Waals surface area contributed by atoms with Crippen molar-refractivity contribution in [3.8, 4) is 0 Å². The van der Waals surface area contributed by atoms with Crippen molar-refractivity contribution in [2.45, 2.75) is 30.2 Å². The summed E-state index contributed by atoms with van der Waals surface area (Å²) in [5.41, 5.74) is 3.48. The molecule has 3 aromatic carbocycles. The molecule has 0 fully saturated rings. The van der Waals surface area contributed by atoms with E-state index >= 15 is 0 Å². The van der Waals surface area contributed by atoms with Gasteiger partial charge in [-0.15, -0.1) is 0 Å². The Balaban J connectivity index is 1.44. The van der Waals surface area contributed by atoms with Crippen LogP contribution < -0.4 is 10.0 Å². The second kappa shape index (κ2) is 8.44. The van der Waals surface area contributed by atoms with Crippen LogP contribution in [0.1, 0.15) is 30.0 Å². The molecule has 1 atom stereocenters. The van der Waals surface area contributed by atoms with Crippen LogP contribution >= 0.6 is 0 Å². The minimum Gasteiger partial charge on any atom is -0.363 e. The monoisotopic (exact) mass is 465 g/mol. The van der Waals surface area contributed by atoms with Crippen molar-refractivity contribution in [2.24, 2.45) is 0 Å². The Morgan fingerprint density at radius 2 is 1.70 bits per heavy atom. The van der Waals surface area contributed by atoms with Crippen LogP contribution in [-0.2, 0) is 16.4 Å². The molecule has 1 aliphatic rings. The number of fused-ring (bicyclic) bond motifs is 2. The molecule has 1 aromatic heterocycles. The van der Waals surface area contributed by atoms with Gasteiger partial charge in [-0.25, -0.2) is 22.2 Å². The minimum atomic E-state index is -4.19. The molecular formula is C25H21F2N3O2S. The van der Waals surface area contributed by atoms with E-state index < -0.39 is 26.6 Å². The van der Waals surface area contributed by atoms with Crippen LogP contribution in [0.25, 0.3) is 10.9 Å². The zero-order valence-corrected chi connectivity index (χ0v) is 18.4. The van der Waals surface area contributed by atoms with Gasteiger partial charge in [0.05, 0.1) is 22.1 Å². The molecule has 168 valence electrons. The standard InChI is InChI=1S/C25H21F2N3O2S/c26-17-13-18(27)15-19(14-17)33(31,32)30-24-10-4-9-23-21(24)11-12-25(29-23)28-22-8-3-6-16-5-1-2-7-20(16)22/h1-2,4-5,7,9-15,22,30H,3,6,8H2,(H,28,29). The lowest BCUT2D eigenvalue weighted by Crippen LogP contribution is -2.18. The molecule has 8 heteroatoms. The number of sulfonamides is 1. The van der Waals surface area contributed by atoms with Crippen LogP contribution in [0.3, 0.4) is 0 Å². The highest BCUT2D eigenvalue weighted by Crippen LogP contribution is 2.33. The van der Waals surface area contributed by atoms with Gasteiger partial charge in [0.25, 0.3) is 10.0 Å². The Hall–Kier alpha value is -3.52. The van der Waals surface area contributed by atoms with E-state index in [9.17, 15) is 17.2 Å². The van der Waals surface area contributed by atoms with E-state index in [0.717, 1.165) is 31.4 Å². The highest BCUT2D eigenvalue weighted by molar-refractivity contribution is 7.92. The van der Waals surface area contributed by atoms with Crippen molar-refractivity contribution in [1.82, 2.24) is 4.98 Å². The third kappa shape index (κ3) is 4.39. The molecule has 0 bridgehead atoms. The van der Waals surface area contributed by atoms with E-state index in [1.54, 1.807) is 30.3 Å². The molecule has 33 heavy (non-hydrogen) atoms. The zero-order valence-electron chi connectivity index (χ0n) is 17.6. The first kappa shape index (κ1) is 21.3. The molecular weight excluding hydrogens is 444 g/mol. The van der Waals surface area contributed by atoms with E-state index in [0.29, 0.717) is 22.8 Å². The number of hydrogen-bond acceptors (Lipinski definition) is 4. The predicted octanol–water partition coefficient (Wildman–Crippen LogP) is 5.80. The lowest BCUT2D eigenvalue weighted by Gasteiger charge is -2.27. The van der Waals surface area contributed by atoms with Crippen LogP contribution in [0, 0.1) is 11.6 Å². The summed E-state index contributed by atoms with van der Waals surface area (Å²) < 4.78 is 54.9. The van der Waals surface area contributed by atoms with Gasteiger partial charge in [0.15, 0.2) is 0 Å². The van der Waals surface area contributed by atoms with E-state index in [4.69, 9.17) is 0 Å². The van der Waals surface area contributed by atoms with Gasteiger partial charge < -0.3 is 5.32 Å². The SMILES string of the molecule is O=S(=O)(Nc1cccc2nc(NC3CCCc4ccccc43)ccc12)c1cc(F)cc(F)c1. The number of hydrogen-bond donors (Lipinski definition) is 2. The maximum Gasteiger partial charge on any atom is 0.262 e. The van der Waals surface area contributed by atoms with Crippen molar-refractivity contribution < 1.29 is 17.2 Å². The summed E-state index contributed by atoms with van der Waals surface area (Å²) in [7, 11) is -4.19. The average molecular weight is 466 g/mol. The summed E-state index contributed by atoms with van der Waals surface area (Å²) in [4.78, 5) is 4.18. The molecule has 1 heterocycles. The Kier molecular flexibility index (Phi) is 5.46. The highest BCUT2D eigenvalue weighted by Gasteiger charge is 2.21. The van der Waals surface area contributed by atoms with Crippen LogP contribution in [0.15, 0.2) is 77.7 Å². The predicted molar refractivity (Wildman–Crippen MR) is 125 cm³/mol. The average Bonchev–Trinajstić information content (AvgIpc) is 2.79. The van der Waals surface area contributed by atoms with Gasteiger partial charge in [-0.05, 0) is 66.8 Å². The van der Waals surface area contributed by atoms with Crippen LogP contribution in [0.5, 0.6) is 0 Å². The molecule has 0 radical (unpaired) electrons. The highest BCUT2D eigenvalue weighted by atomic mass is 32.2. The fourth-order valence-corrected chi connectivity index (χ4v) is 5.41. The number of aryl methyl sites for hydroxylation is 1. The first-order valence-electron chi connectivity index (χ1n) is 10.6. The van der Waals surface area contributed by atoms with E-state index in [1.807, 2.05) is 6.07 Å². The zero-order chi connectivity index (χ0) is 23.0. The summed E-state index contributed by atoms with van der Waals surface area (Å²) in [6, 6.07) is 19.3. The number of anilines is 2. The molecule has 0 amide bonds. The molecule has 2 N–H and O–H groups in total.